The maximum atomic E-state index is 12.4. The highest BCUT2D eigenvalue weighted by Crippen LogP contribution is 2.27. The number of alkyl halides is 3. The second-order valence-electron chi connectivity index (χ2n) is 4.86. The number of hydrogen-bond donors (Lipinski definition) is 2. The largest absolute Gasteiger partial charge is 0.435 e. The first-order valence-electron chi connectivity index (χ1n) is 6.48. The lowest BCUT2D eigenvalue weighted by Gasteiger charge is -2.08. The summed E-state index contributed by atoms with van der Waals surface area (Å²) < 4.78 is 37.1. The van der Waals surface area contributed by atoms with E-state index in [9.17, 15) is 13.2 Å². The fraction of sp³-hybridized carbons (Fsp3) is 0.286. The topological polar surface area (TPSA) is 49.8 Å². The van der Waals surface area contributed by atoms with Crippen molar-refractivity contribution in [3.05, 3.63) is 52.7 Å². The Balaban J connectivity index is 1.65. The molecular formula is C14H13F3N4. The molecule has 21 heavy (non-hydrogen) atoms. The van der Waals surface area contributed by atoms with Crippen LogP contribution >= 0.6 is 0 Å². The van der Waals surface area contributed by atoms with E-state index in [1.165, 1.54) is 17.2 Å². The van der Waals surface area contributed by atoms with Crippen molar-refractivity contribution in [3.63, 3.8) is 0 Å². The standard InChI is InChI=1S/C14H13F3N4/c15-14(16,17)12-3-4-13(21-20-12)19-6-9-1-2-10-7-18-8-11(10)5-9/h1-5,18H,6-8H2,(H,19,21). The number of nitrogens with zero attached hydrogens (tertiary/aromatic N) is 2. The quantitative estimate of drug-likeness (QED) is 0.914. The molecule has 0 saturated heterocycles. The molecule has 2 heterocycles. The molecule has 2 N–H and O–H groups in total. The maximum Gasteiger partial charge on any atom is 0.435 e. The van der Waals surface area contributed by atoms with Gasteiger partial charge in [-0.25, -0.2) is 0 Å². The van der Waals surface area contributed by atoms with E-state index >= 15 is 0 Å². The molecule has 7 heteroatoms. The number of benzene rings is 1. The molecule has 1 aliphatic rings. The highest BCUT2D eigenvalue weighted by Gasteiger charge is 2.32. The van der Waals surface area contributed by atoms with E-state index in [4.69, 9.17) is 0 Å². The molecule has 0 saturated carbocycles. The first-order valence-corrected chi connectivity index (χ1v) is 6.48. The van der Waals surface area contributed by atoms with E-state index in [2.05, 4.69) is 33.0 Å². The summed E-state index contributed by atoms with van der Waals surface area (Å²) in [4.78, 5) is 0. The van der Waals surface area contributed by atoms with Crippen LogP contribution in [0.5, 0.6) is 0 Å². The van der Waals surface area contributed by atoms with Gasteiger partial charge in [-0.15, -0.1) is 10.2 Å². The van der Waals surface area contributed by atoms with Gasteiger partial charge in [-0.1, -0.05) is 18.2 Å². The summed E-state index contributed by atoms with van der Waals surface area (Å²) >= 11 is 0. The molecule has 0 fully saturated rings. The van der Waals surface area contributed by atoms with Crippen molar-refractivity contribution in [1.29, 1.82) is 0 Å². The van der Waals surface area contributed by atoms with Gasteiger partial charge < -0.3 is 10.6 Å². The van der Waals surface area contributed by atoms with Crippen molar-refractivity contribution < 1.29 is 13.2 Å². The number of rotatable bonds is 3. The second kappa shape index (κ2) is 5.33. The zero-order valence-corrected chi connectivity index (χ0v) is 11.0. The average Bonchev–Trinajstić information content (AvgIpc) is 2.92. The third-order valence-electron chi connectivity index (χ3n) is 3.33. The van der Waals surface area contributed by atoms with Gasteiger partial charge in [0.05, 0.1) is 0 Å². The molecule has 110 valence electrons. The van der Waals surface area contributed by atoms with Crippen LogP contribution < -0.4 is 10.6 Å². The lowest BCUT2D eigenvalue weighted by Crippen LogP contribution is -2.10. The van der Waals surface area contributed by atoms with Crippen LogP contribution in [0.2, 0.25) is 0 Å². The van der Waals surface area contributed by atoms with Gasteiger partial charge >= 0.3 is 6.18 Å². The predicted octanol–water partition coefficient (Wildman–Crippen LogP) is 2.71. The van der Waals surface area contributed by atoms with Gasteiger partial charge in [0.2, 0.25) is 0 Å². The van der Waals surface area contributed by atoms with E-state index in [-0.39, 0.29) is 0 Å². The minimum absolute atomic E-state index is 0.321. The van der Waals surface area contributed by atoms with Crippen LogP contribution in [0.4, 0.5) is 19.0 Å². The van der Waals surface area contributed by atoms with Gasteiger partial charge in [0.1, 0.15) is 5.82 Å². The summed E-state index contributed by atoms with van der Waals surface area (Å²) in [5.74, 6) is 0.321. The van der Waals surface area contributed by atoms with Crippen molar-refractivity contribution >= 4 is 5.82 Å². The van der Waals surface area contributed by atoms with Gasteiger partial charge in [-0.3, -0.25) is 0 Å². The van der Waals surface area contributed by atoms with E-state index in [0.29, 0.717) is 12.4 Å². The molecule has 3 rings (SSSR count). The minimum atomic E-state index is -4.46. The van der Waals surface area contributed by atoms with Crippen molar-refractivity contribution in [1.82, 2.24) is 15.5 Å². The molecule has 0 bridgehead atoms. The van der Waals surface area contributed by atoms with Crippen LogP contribution in [0.3, 0.4) is 0 Å². The highest BCUT2D eigenvalue weighted by molar-refractivity contribution is 5.38. The Kier molecular flexibility index (Phi) is 3.50. The first kappa shape index (κ1) is 13.8. The van der Waals surface area contributed by atoms with Crippen LogP contribution in [0.1, 0.15) is 22.4 Å². The van der Waals surface area contributed by atoms with Crippen molar-refractivity contribution in [2.24, 2.45) is 0 Å². The molecule has 0 radical (unpaired) electrons. The van der Waals surface area contributed by atoms with Gasteiger partial charge in [0.25, 0.3) is 0 Å². The Hall–Kier alpha value is -2.15. The fourth-order valence-corrected chi connectivity index (χ4v) is 2.23. The summed E-state index contributed by atoms with van der Waals surface area (Å²) in [5, 5.41) is 12.9. The van der Waals surface area contributed by atoms with Crippen molar-refractivity contribution in [3.8, 4) is 0 Å². The zero-order valence-electron chi connectivity index (χ0n) is 11.0. The van der Waals surface area contributed by atoms with Gasteiger partial charge in [0, 0.05) is 19.6 Å². The summed E-state index contributed by atoms with van der Waals surface area (Å²) in [7, 11) is 0. The second-order valence-corrected chi connectivity index (χ2v) is 4.86. The Morgan fingerprint density at radius 3 is 2.57 bits per heavy atom. The summed E-state index contributed by atoms with van der Waals surface area (Å²) in [5.41, 5.74) is 2.61. The molecule has 1 aromatic heterocycles. The third-order valence-corrected chi connectivity index (χ3v) is 3.33. The Bertz CT molecular complexity index is 638. The van der Waals surface area contributed by atoms with E-state index < -0.39 is 11.9 Å². The average molecular weight is 294 g/mol. The van der Waals surface area contributed by atoms with Gasteiger partial charge in [-0.2, -0.15) is 13.2 Å². The molecule has 2 aromatic rings. The third kappa shape index (κ3) is 3.13. The molecule has 0 unspecified atom stereocenters. The van der Waals surface area contributed by atoms with Gasteiger partial charge in [0.15, 0.2) is 5.69 Å². The monoisotopic (exact) mass is 294 g/mol. The lowest BCUT2D eigenvalue weighted by molar-refractivity contribution is -0.141. The molecular weight excluding hydrogens is 281 g/mol. The molecule has 4 nitrogen and oxygen atoms in total. The smallest absolute Gasteiger partial charge is 0.365 e. The molecule has 0 amide bonds. The normalized spacial score (nSPS) is 14.0. The predicted molar refractivity (Wildman–Crippen MR) is 71.3 cm³/mol. The Morgan fingerprint density at radius 2 is 1.86 bits per heavy atom. The molecule has 0 atom stereocenters. The lowest BCUT2D eigenvalue weighted by atomic mass is 10.1. The van der Waals surface area contributed by atoms with Gasteiger partial charge in [-0.05, 0) is 28.8 Å². The molecule has 0 aliphatic carbocycles. The molecule has 0 spiro atoms. The number of fused-ring (bicyclic) bond motifs is 1. The fourth-order valence-electron chi connectivity index (χ4n) is 2.23. The van der Waals surface area contributed by atoms with Crippen LogP contribution in [0.25, 0.3) is 0 Å². The van der Waals surface area contributed by atoms with Crippen molar-refractivity contribution in [2.45, 2.75) is 25.8 Å². The number of aromatic nitrogens is 2. The zero-order chi connectivity index (χ0) is 14.9. The Labute approximate surface area is 119 Å². The van der Waals surface area contributed by atoms with E-state index in [1.807, 2.05) is 6.07 Å². The number of halogens is 3. The van der Waals surface area contributed by atoms with Crippen LogP contribution in [0.15, 0.2) is 30.3 Å². The van der Waals surface area contributed by atoms with Crippen LogP contribution in [-0.2, 0) is 25.8 Å². The Morgan fingerprint density at radius 1 is 1.05 bits per heavy atom. The van der Waals surface area contributed by atoms with E-state index in [1.54, 1.807) is 0 Å². The van der Waals surface area contributed by atoms with Crippen LogP contribution in [0, 0.1) is 0 Å². The molecule has 1 aliphatic heterocycles. The SMILES string of the molecule is FC(F)(F)c1ccc(NCc2ccc3c(c2)CNC3)nn1. The van der Waals surface area contributed by atoms with E-state index in [0.717, 1.165) is 24.7 Å². The summed E-state index contributed by atoms with van der Waals surface area (Å²) in [6, 6.07) is 8.34. The summed E-state index contributed by atoms with van der Waals surface area (Å²) in [6.45, 7) is 2.23. The highest BCUT2D eigenvalue weighted by atomic mass is 19.4. The molecule has 1 aromatic carbocycles. The maximum absolute atomic E-state index is 12.4. The minimum Gasteiger partial charge on any atom is -0.365 e. The van der Waals surface area contributed by atoms with Crippen LogP contribution in [-0.4, -0.2) is 10.2 Å². The van der Waals surface area contributed by atoms with Crippen molar-refractivity contribution in [2.75, 3.05) is 5.32 Å². The first-order chi connectivity index (χ1) is 10.0. The number of anilines is 1. The number of hydrogen-bond acceptors (Lipinski definition) is 4. The summed E-state index contributed by atoms with van der Waals surface area (Å²) in [6.07, 6.45) is -4.46. The number of nitrogens with one attached hydrogen (secondary N) is 2.